The molecule has 26 heavy (non-hydrogen) atoms. The molecule has 4 rings (SSSR count). The predicted molar refractivity (Wildman–Crippen MR) is 85.5 cm³/mol. The van der Waals surface area contributed by atoms with Gasteiger partial charge in [0, 0.05) is 25.4 Å². The molecule has 0 radical (unpaired) electrons. The van der Waals surface area contributed by atoms with E-state index in [9.17, 15) is 23.2 Å². The molecule has 0 bridgehead atoms. The van der Waals surface area contributed by atoms with E-state index in [0.717, 1.165) is 25.3 Å². The molecule has 3 aliphatic rings. The van der Waals surface area contributed by atoms with E-state index in [1.807, 2.05) is 4.90 Å². The molecular formula is C18H18F3N3O2. The van der Waals surface area contributed by atoms with Crippen LogP contribution in [-0.2, 0) is 11.0 Å². The van der Waals surface area contributed by atoms with Gasteiger partial charge in [-0.1, -0.05) is 6.42 Å². The highest BCUT2D eigenvalue weighted by Gasteiger charge is 2.56. The Balaban J connectivity index is 1.64. The van der Waals surface area contributed by atoms with Gasteiger partial charge in [-0.3, -0.25) is 4.79 Å². The van der Waals surface area contributed by atoms with Crippen LogP contribution in [0, 0.1) is 29.1 Å². The number of carboxylic acids is 1. The summed E-state index contributed by atoms with van der Waals surface area (Å²) in [5.74, 6) is -0.105. The number of anilines is 1. The lowest BCUT2D eigenvalue weighted by molar-refractivity contribution is -0.138. The van der Waals surface area contributed by atoms with Crippen molar-refractivity contribution >= 4 is 11.8 Å². The summed E-state index contributed by atoms with van der Waals surface area (Å²) in [6.45, 7) is 1.06. The van der Waals surface area contributed by atoms with Gasteiger partial charge in [0.2, 0.25) is 0 Å². The Morgan fingerprint density at radius 1 is 1.35 bits per heavy atom. The van der Waals surface area contributed by atoms with Crippen LogP contribution in [0.1, 0.15) is 48.4 Å². The van der Waals surface area contributed by atoms with E-state index in [0.29, 0.717) is 13.1 Å². The lowest BCUT2D eigenvalue weighted by Gasteiger charge is -2.29. The van der Waals surface area contributed by atoms with E-state index in [2.05, 4.69) is 4.98 Å². The minimum absolute atomic E-state index is 0.0809. The number of carboxylic acid groups (broad SMARTS) is 1. The largest absolute Gasteiger partial charge is 0.481 e. The Labute approximate surface area is 148 Å². The molecule has 1 N–H and O–H groups in total. The number of aromatic nitrogens is 1. The Morgan fingerprint density at radius 2 is 2.00 bits per heavy atom. The van der Waals surface area contributed by atoms with Gasteiger partial charge >= 0.3 is 12.1 Å². The lowest BCUT2D eigenvalue weighted by Crippen LogP contribution is -2.27. The van der Waals surface area contributed by atoms with Crippen molar-refractivity contribution in [3.63, 3.8) is 0 Å². The summed E-state index contributed by atoms with van der Waals surface area (Å²) < 4.78 is 40.5. The average Bonchev–Trinajstić information content (AvgIpc) is 2.94. The molecule has 2 heterocycles. The number of alkyl halides is 3. The zero-order valence-corrected chi connectivity index (χ0v) is 14.0. The highest BCUT2D eigenvalue weighted by atomic mass is 19.4. The van der Waals surface area contributed by atoms with Gasteiger partial charge in [0.25, 0.3) is 0 Å². The van der Waals surface area contributed by atoms with Gasteiger partial charge in [-0.15, -0.1) is 0 Å². The number of nitrogens with zero attached hydrogens (tertiary/aromatic N) is 3. The van der Waals surface area contributed by atoms with Crippen molar-refractivity contribution in [2.45, 2.75) is 37.8 Å². The molecule has 2 unspecified atom stereocenters. The fourth-order valence-corrected chi connectivity index (χ4v) is 4.37. The highest BCUT2D eigenvalue weighted by Crippen LogP contribution is 2.54. The van der Waals surface area contributed by atoms with Crippen LogP contribution in [0.4, 0.5) is 19.0 Å². The molecular weight excluding hydrogens is 347 g/mol. The molecule has 1 aromatic rings. The van der Waals surface area contributed by atoms with E-state index < -0.39 is 17.7 Å². The van der Waals surface area contributed by atoms with Gasteiger partial charge in [0.15, 0.2) is 0 Å². The monoisotopic (exact) mass is 365 g/mol. The lowest BCUT2D eigenvalue weighted by atomic mass is 9.80. The number of fused-ring (bicyclic) bond motifs is 1. The summed E-state index contributed by atoms with van der Waals surface area (Å²) in [7, 11) is 0. The quantitative estimate of drug-likeness (QED) is 0.885. The minimum Gasteiger partial charge on any atom is -0.481 e. The summed E-state index contributed by atoms with van der Waals surface area (Å²) >= 11 is 0. The van der Waals surface area contributed by atoms with Crippen LogP contribution >= 0.6 is 0 Å². The van der Waals surface area contributed by atoms with Crippen LogP contribution in [0.25, 0.3) is 0 Å². The molecule has 1 saturated heterocycles. The SMILES string of the molecule is N#Cc1c(C(F)(F)F)cc(N2CC3C(CC(=O)O)C3C2)nc1C1CCC1. The third-order valence-electron chi connectivity index (χ3n) is 6.05. The normalized spacial score (nSPS) is 27.6. The van der Waals surface area contributed by atoms with Crippen LogP contribution < -0.4 is 4.90 Å². The zero-order valence-electron chi connectivity index (χ0n) is 14.0. The van der Waals surface area contributed by atoms with Crippen LogP contribution in [0.3, 0.4) is 0 Å². The van der Waals surface area contributed by atoms with Crippen molar-refractivity contribution in [2.75, 3.05) is 18.0 Å². The topological polar surface area (TPSA) is 77.2 Å². The van der Waals surface area contributed by atoms with Gasteiger partial charge < -0.3 is 10.0 Å². The van der Waals surface area contributed by atoms with Crippen LogP contribution in [0.15, 0.2) is 6.07 Å². The first-order valence-electron chi connectivity index (χ1n) is 8.78. The zero-order chi connectivity index (χ0) is 18.6. The first kappa shape index (κ1) is 17.1. The molecule has 3 fully saturated rings. The molecule has 0 spiro atoms. The fourth-order valence-electron chi connectivity index (χ4n) is 4.37. The van der Waals surface area contributed by atoms with Gasteiger partial charge in [-0.2, -0.15) is 18.4 Å². The second kappa shape index (κ2) is 5.86. The maximum atomic E-state index is 13.5. The molecule has 0 amide bonds. The van der Waals surface area contributed by atoms with E-state index in [-0.39, 0.29) is 47.2 Å². The van der Waals surface area contributed by atoms with Crippen molar-refractivity contribution < 1.29 is 23.1 Å². The van der Waals surface area contributed by atoms with Crippen molar-refractivity contribution in [3.8, 4) is 6.07 Å². The third kappa shape index (κ3) is 2.79. The molecule has 1 aromatic heterocycles. The molecule has 0 aromatic carbocycles. The van der Waals surface area contributed by atoms with E-state index in [1.54, 1.807) is 6.07 Å². The number of carbonyl (C=O) groups is 1. The van der Waals surface area contributed by atoms with Crippen molar-refractivity contribution in [1.82, 2.24) is 4.98 Å². The first-order chi connectivity index (χ1) is 12.3. The van der Waals surface area contributed by atoms with Gasteiger partial charge in [-0.25, -0.2) is 4.98 Å². The number of pyridine rings is 1. The fraction of sp³-hybridized carbons (Fsp3) is 0.611. The smallest absolute Gasteiger partial charge is 0.417 e. The summed E-state index contributed by atoms with van der Waals surface area (Å²) in [6.07, 6.45) is -2.03. The maximum absolute atomic E-state index is 13.5. The Bertz CT molecular complexity index is 786. The summed E-state index contributed by atoms with van der Waals surface area (Å²) in [5.41, 5.74) is -0.986. The number of piperidine rings is 1. The second-order valence-electron chi connectivity index (χ2n) is 7.52. The third-order valence-corrected chi connectivity index (χ3v) is 6.05. The molecule has 5 nitrogen and oxygen atoms in total. The predicted octanol–water partition coefficient (Wildman–Crippen LogP) is 3.40. The molecule has 138 valence electrons. The first-order valence-corrected chi connectivity index (χ1v) is 8.78. The maximum Gasteiger partial charge on any atom is 0.417 e. The molecule has 8 heteroatoms. The number of hydrogen-bond acceptors (Lipinski definition) is 4. The van der Waals surface area contributed by atoms with Crippen molar-refractivity contribution in [3.05, 3.63) is 22.9 Å². The molecule has 1 aliphatic heterocycles. The van der Waals surface area contributed by atoms with Crippen LogP contribution in [-0.4, -0.2) is 29.1 Å². The molecule has 2 saturated carbocycles. The van der Waals surface area contributed by atoms with Crippen LogP contribution in [0.2, 0.25) is 0 Å². The Kier molecular flexibility index (Phi) is 3.86. The summed E-state index contributed by atoms with van der Waals surface area (Å²) in [6, 6.07) is 2.70. The summed E-state index contributed by atoms with van der Waals surface area (Å²) in [5, 5.41) is 18.2. The van der Waals surface area contributed by atoms with Gasteiger partial charge in [-0.05, 0) is 36.7 Å². The Morgan fingerprint density at radius 3 is 2.46 bits per heavy atom. The molecule has 2 atom stereocenters. The number of rotatable bonds is 4. The van der Waals surface area contributed by atoms with Gasteiger partial charge in [0.05, 0.1) is 16.8 Å². The number of hydrogen-bond donors (Lipinski definition) is 1. The van der Waals surface area contributed by atoms with Gasteiger partial charge in [0.1, 0.15) is 11.9 Å². The second-order valence-corrected chi connectivity index (χ2v) is 7.52. The van der Waals surface area contributed by atoms with E-state index in [4.69, 9.17) is 5.11 Å². The minimum atomic E-state index is -4.60. The number of aliphatic carboxylic acids is 1. The molecule has 2 aliphatic carbocycles. The highest BCUT2D eigenvalue weighted by molar-refractivity contribution is 5.68. The average molecular weight is 365 g/mol. The summed E-state index contributed by atoms with van der Waals surface area (Å²) in [4.78, 5) is 17.1. The standard InChI is InChI=1S/C18H18F3N3O2/c19-18(20,21)14-5-15(23-17(11(14)6-22)9-2-1-3-9)24-7-12-10(4-16(25)26)13(12)8-24/h5,9-10,12-13H,1-4,7-8H2,(H,25,26). The Hall–Kier alpha value is -2.30. The van der Waals surface area contributed by atoms with E-state index in [1.165, 1.54) is 0 Å². The van der Waals surface area contributed by atoms with Crippen LogP contribution in [0.5, 0.6) is 0 Å². The van der Waals surface area contributed by atoms with E-state index >= 15 is 0 Å². The number of nitriles is 1. The van der Waals surface area contributed by atoms with Crippen molar-refractivity contribution in [2.24, 2.45) is 17.8 Å². The van der Waals surface area contributed by atoms with Crippen molar-refractivity contribution in [1.29, 1.82) is 5.26 Å². The number of halogens is 3.